The Bertz CT molecular complexity index is 2580. The highest BCUT2D eigenvalue weighted by Crippen LogP contribution is 2.45. The van der Waals surface area contributed by atoms with Crippen molar-refractivity contribution in [2.24, 2.45) is 0 Å². The van der Waals surface area contributed by atoms with Crippen molar-refractivity contribution in [3.8, 4) is 44.5 Å². The molecule has 0 unspecified atom stereocenters. The number of benzene rings is 8. The van der Waals surface area contributed by atoms with Gasteiger partial charge < -0.3 is 4.42 Å². The molecule has 0 radical (unpaired) electrons. The third-order valence-electron chi connectivity index (χ3n) is 9.92. The molecule has 46 heavy (non-hydrogen) atoms. The zero-order chi connectivity index (χ0) is 30.2. The van der Waals surface area contributed by atoms with Crippen molar-refractivity contribution < 1.29 is 4.42 Å². The van der Waals surface area contributed by atoms with E-state index < -0.39 is 0 Å². The zero-order valence-corrected chi connectivity index (χ0v) is 25.1. The highest BCUT2D eigenvalue weighted by Gasteiger charge is 2.23. The lowest BCUT2D eigenvalue weighted by Crippen LogP contribution is -1.90. The number of hydrogen-bond acceptors (Lipinski definition) is 1. The molecule has 0 fully saturated rings. The minimum Gasteiger partial charge on any atom is -0.456 e. The molecular weight excluding hydrogens is 556 g/mol. The maximum atomic E-state index is 6.52. The van der Waals surface area contributed by atoms with Crippen LogP contribution in [0.3, 0.4) is 0 Å². The molecule has 0 saturated heterocycles. The van der Waals surface area contributed by atoms with Crippen LogP contribution in [0.2, 0.25) is 0 Å². The van der Waals surface area contributed by atoms with Crippen LogP contribution in [-0.2, 0) is 6.42 Å². The van der Waals surface area contributed by atoms with Gasteiger partial charge in [-0.15, -0.1) is 0 Å². The van der Waals surface area contributed by atoms with E-state index in [1.807, 2.05) is 0 Å². The fraction of sp³-hybridized carbons (Fsp3) is 0.0222. The van der Waals surface area contributed by atoms with Gasteiger partial charge in [-0.05, 0) is 89.8 Å². The Labute approximate surface area is 267 Å². The number of hydrogen-bond donors (Lipinski definition) is 0. The van der Waals surface area contributed by atoms with E-state index in [4.69, 9.17) is 4.42 Å². The van der Waals surface area contributed by atoms with E-state index in [1.54, 1.807) is 0 Å². The normalized spacial score (nSPS) is 12.3. The van der Waals surface area contributed by atoms with Crippen LogP contribution in [0.1, 0.15) is 11.1 Å². The first kappa shape index (κ1) is 25.4. The van der Waals surface area contributed by atoms with Gasteiger partial charge in [0.2, 0.25) is 0 Å². The topological polar surface area (TPSA) is 13.1 Å². The molecule has 8 aromatic carbocycles. The van der Waals surface area contributed by atoms with Gasteiger partial charge >= 0.3 is 0 Å². The third kappa shape index (κ3) is 3.69. The first-order chi connectivity index (χ1) is 22.8. The summed E-state index contributed by atoms with van der Waals surface area (Å²) in [7, 11) is 0. The maximum Gasteiger partial charge on any atom is 0.139 e. The van der Waals surface area contributed by atoms with Crippen molar-refractivity contribution in [2.75, 3.05) is 0 Å². The van der Waals surface area contributed by atoms with Gasteiger partial charge in [0.05, 0.1) is 0 Å². The molecule has 1 nitrogen and oxygen atoms in total. The molecule has 214 valence electrons. The summed E-state index contributed by atoms with van der Waals surface area (Å²) in [5, 5.41) is 7.46. The molecule has 1 heteroatoms. The summed E-state index contributed by atoms with van der Waals surface area (Å²) < 4.78 is 6.52. The molecule has 1 aliphatic rings. The van der Waals surface area contributed by atoms with Gasteiger partial charge in [-0.2, -0.15) is 0 Å². The second-order valence-corrected chi connectivity index (χ2v) is 12.4. The Hall–Kier alpha value is -5.92. The summed E-state index contributed by atoms with van der Waals surface area (Å²) in [6, 6.07) is 57.4. The van der Waals surface area contributed by atoms with Crippen LogP contribution < -0.4 is 0 Å². The fourth-order valence-corrected chi connectivity index (χ4v) is 7.82. The molecule has 0 amide bonds. The van der Waals surface area contributed by atoms with Crippen molar-refractivity contribution >= 4 is 43.5 Å². The molecule has 0 aliphatic heterocycles. The van der Waals surface area contributed by atoms with E-state index in [-0.39, 0.29) is 0 Å². The van der Waals surface area contributed by atoms with Crippen LogP contribution in [-0.4, -0.2) is 0 Å². The quantitative estimate of drug-likeness (QED) is 0.188. The van der Waals surface area contributed by atoms with Gasteiger partial charge in [0, 0.05) is 22.8 Å². The molecule has 1 aliphatic carbocycles. The first-order valence-corrected chi connectivity index (χ1v) is 16.0. The first-order valence-electron chi connectivity index (χ1n) is 16.0. The van der Waals surface area contributed by atoms with E-state index in [0.717, 1.165) is 17.6 Å². The zero-order valence-electron chi connectivity index (χ0n) is 25.1. The molecule has 0 bridgehead atoms. The predicted molar refractivity (Wildman–Crippen MR) is 193 cm³/mol. The van der Waals surface area contributed by atoms with Crippen molar-refractivity contribution in [1.29, 1.82) is 0 Å². The van der Waals surface area contributed by atoms with Gasteiger partial charge in [-0.3, -0.25) is 0 Å². The van der Waals surface area contributed by atoms with E-state index >= 15 is 0 Å². The predicted octanol–water partition coefficient (Wildman–Crippen LogP) is 12.5. The average molecular weight is 585 g/mol. The van der Waals surface area contributed by atoms with Crippen LogP contribution in [0, 0.1) is 0 Å². The van der Waals surface area contributed by atoms with Crippen molar-refractivity contribution in [1.82, 2.24) is 0 Å². The van der Waals surface area contributed by atoms with E-state index in [2.05, 4.69) is 158 Å². The van der Waals surface area contributed by atoms with Crippen LogP contribution in [0.25, 0.3) is 88.0 Å². The van der Waals surface area contributed by atoms with Crippen LogP contribution >= 0.6 is 0 Å². The van der Waals surface area contributed by atoms with Gasteiger partial charge in [0.1, 0.15) is 11.2 Å². The van der Waals surface area contributed by atoms with Crippen molar-refractivity contribution in [2.45, 2.75) is 6.42 Å². The molecule has 10 rings (SSSR count). The Kier molecular flexibility index (Phi) is 5.41. The van der Waals surface area contributed by atoms with Crippen molar-refractivity contribution in [3.63, 3.8) is 0 Å². The maximum absolute atomic E-state index is 6.52. The minimum absolute atomic E-state index is 0.923. The monoisotopic (exact) mass is 584 g/mol. The van der Waals surface area contributed by atoms with Crippen LogP contribution in [0.15, 0.2) is 162 Å². The lowest BCUT2D eigenvalue weighted by atomic mass is 9.86. The molecule has 1 aromatic heterocycles. The smallest absolute Gasteiger partial charge is 0.139 e. The van der Waals surface area contributed by atoms with E-state index in [0.29, 0.717) is 0 Å². The van der Waals surface area contributed by atoms with Gasteiger partial charge in [0.25, 0.3) is 0 Å². The standard InChI is InChI=1S/C45H28O/c1-2-10-29(11-3-1)43-35-14-6-8-16-37(35)44(38-17-9-7-15-36(38)43)30-20-18-28(19-21-30)31-22-25-42-40(26-31)39-24-23-34-33-13-5-4-12-32(33)27-41(34)45(39)46-42/h1-26H,27H2. The molecule has 0 saturated carbocycles. The average Bonchev–Trinajstić information content (AvgIpc) is 3.69. The molecule has 1 heterocycles. The largest absolute Gasteiger partial charge is 0.456 e. The third-order valence-corrected chi connectivity index (χ3v) is 9.92. The Morgan fingerprint density at radius 3 is 1.63 bits per heavy atom. The number of furan rings is 1. The number of rotatable bonds is 3. The second kappa shape index (κ2) is 9.79. The highest BCUT2D eigenvalue weighted by molar-refractivity contribution is 6.21. The minimum atomic E-state index is 0.923. The Morgan fingerprint density at radius 1 is 0.370 bits per heavy atom. The van der Waals surface area contributed by atoms with Gasteiger partial charge in [0.15, 0.2) is 0 Å². The summed E-state index contributed by atoms with van der Waals surface area (Å²) in [6.07, 6.45) is 0.923. The van der Waals surface area contributed by atoms with Gasteiger partial charge in [-0.25, -0.2) is 0 Å². The molecule has 0 atom stereocenters. The summed E-state index contributed by atoms with van der Waals surface area (Å²) in [4.78, 5) is 0. The summed E-state index contributed by atoms with van der Waals surface area (Å²) >= 11 is 0. The Balaban J connectivity index is 1.10. The lowest BCUT2D eigenvalue weighted by Gasteiger charge is -2.18. The molecule has 0 spiro atoms. The van der Waals surface area contributed by atoms with Crippen LogP contribution in [0.4, 0.5) is 0 Å². The SMILES string of the molecule is c1ccc(-c2c3ccccc3c(-c3ccc(-c4ccc5oc6c7c(ccc6c5c4)-c4ccccc4C7)cc3)c3ccccc23)cc1. The summed E-state index contributed by atoms with van der Waals surface area (Å²) in [5.41, 5.74) is 14.7. The van der Waals surface area contributed by atoms with Crippen LogP contribution in [0.5, 0.6) is 0 Å². The van der Waals surface area contributed by atoms with E-state index in [1.165, 1.54) is 88.0 Å². The second-order valence-electron chi connectivity index (χ2n) is 12.4. The highest BCUT2D eigenvalue weighted by atomic mass is 16.3. The van der Waals surface area contributed by atoms with Gasteiger partial charge in [-0.1, -0.05) is 140 Å². The molecule has 0 N–H and O–H groups in total. The fourth-order valence-electron chi connectivity index (χ4n) is 7.82. The number of fused-ring (bicyclic) bond motifs is 9. The van der Waals surface area contributed by atoms with E-state index in [9.17, 15) is 0 Å². The lowest BCUT2D eigenvalue weighted by molar-refractivity contribution is 0.665. The van der Waals surface area contributed by atoms with Crippen molar-refractivity contribution in [3.05, 3.63) is 169 Å². The molecular formula is C45H28O. The Morgan fingerprint density at radius 2 is 0.935 bits per heavy atom. The summed E-state index contributed by atoms with van der Waals surface area (Å²) in [5.74, 6) is 0. The molecule has 9 aromatic rings. The summed E-state index contributed by atoms with van der Waals surface area (Å²) in [6.45, 7) is 0.